The lowest BCUT2D eigenvalue weighted by molar-refractivity contribution is -0.117. The second-order valence-electron chi connectivity index (χ2n) is 5.48. The maximum absolute atomic E-state index is 11.8. The minimum atomic E-state index is -0.256. The van der Waals surface area contributed by atoms with E-state index in [4.69, 9.17) is 0 Å². The molecule has 5 nitrogen and oxygen atoms in total. The normalized spacial score (nSPS) is 21.3. The van der Waals surface area contributed by atoms with E-state index in [1.54, 1.807) is 7.05 Å². The van der Waals surface area contributed by atoms with Crippen LogP contribution in [0.2, 0.25) is 0 Å². The molecule has 0 radical (unpaired) electrons. The van der Waals surface area contributed by atoms with Crippen molar-refractivity contribution in [1.29, 1.82) is 0 Å². The summed E-state index contributed by atoms with van der Waals surface area (Å²) in [5.41, 5.74) is 2.97. The van der Waals surface area contributed by atoms with Crippen molar-refractivity contribution in [3.05, 3.63) is 23.8 Å². The Morgan fingerprint density at radius 2 is 2.25 bits per heavy atom. The standard InChI is InChI=1S/C15H21N3O2/c1-16-14-12-6-5-11(9-13(12)17-15(14)20)18(7-8-19)10-3-2-4-10/h5-6,9-10,14,16,19H,2-4,7-8H2,1H3,(H,17,20). The molecule has 0 spiro atoms. The second kappa shape index (κ2) is 5.42. The predicted molar refractivity (Wildman–Crippen MR) is 78.9 cm³/mol. The summed E-state index contributed by atoms with van der Waals surface area (Å²) in [6.45, 7) is 0.798. The van der Waals surface area contributed by atoms with Gasteiger partial charge in [-0.3, -0.25) is 4.79 Å². The van der Waals surface area contributed by atoms with Crippen LogP contribution >= 0.6 is 0 Å². The summed E-state index contributed by atoms with van der Waals surface area (Å²) in [6, 6.07) is 6.36. The van der Waals surface area contributed by atoms with Gasteiger partial charge in [0.05, 0.1) is 6.61 Å². The molecule has 1 aliphatic heterocycles. The van der Waals surface area contributed by atoms with Gasteiger partial charge in [0, 0.05) is 29.5 Å². The largest absolute Gasteiger partial charge is 0.395 e. The van der Waals surface area contributed by atoms with E-state index in [1.165, 1.54) is 19.3 Å². The number of nitrogens with one attached hydrogen (secondary N) is 2. The molecule has 1 aromatic carbocycles. The quantitative estimate of drug-likeness (QED) is 0.757. The molecule has 1 saturated carbocycles. The number of fused-ring (bicyclic) bond motifs is 1. The summed E-state index contributed by atoms with van der Waals surface area (Å²) in [7, 11) is 1.79. The van der Waals surface area contributed by atoms with Crippen molar-refractivity contribution in [3.63, 3.8) is 0 Å². The third-order valence-electron chi connectivity index (χ3n) is 4.34. The van der Waals surface area contributed by atoms with E-state index in [-0.39, 0.29) is 18.6 Å². The van der Waals surface area contributed by atoms with Crippen molar-refractivity contribution in [2.24, 2.45) is 0 Å². The molecule has 3 rings (SSSR count). The number of hydrogen-bond donors (Lipinski definition) is 3. The molecule has 0 aromatic heterocycles. The van der Waals surface area contributed by atoms with Crippen molar-refractivity contribution in [3.8, 4) is 0 Å². The van der Waals surface area contributed by atoms with Crippen LogP contribution in [-0.4, -0.2) is 37.3 Å². The average Bonchev–Trinajstić information content (AvgIpc) is 2.70. The van der Waals surface area contributed by atoms with Gasteiger partial charge in [0.15, 0.2) is 0 Å². The van der Waals surface area contributed by atoms with E-state index in [2.05, 4.69) is 21.6 Å². The highest BCUT2D eigenvalue weighted by Gasteiger charge is 2.31. The second-order valence-corrected chi connectivity index (χ2v) is 5.48. The first kappa shape index (κ1) is 13.4. The zero-order valence-electron chi connectivity index (χ0n) is 11.7. The number of rotatable bonds is 5. The zero-order valence-corrected chi connectivity index (χ0v) is 11.7. The third-order valence-corrected chi connectivity index (χ3v) is 4.34. The van der Waals surface area contributed by atoms with Gasteiger partial charge in [-0.1, -0.05) is 6.07 Å². The highest BCUT2D eigenvalue weighted by molar-refractivity contribution is 6.03. The van der Waals surface area contributed by atoms with Crippen LogP contribution in [0.5, 0.6) is 0 Å². The maximum Gasteiger partial charge on any atom is 0.246 e. The predicted octanol–water partition coefficient (Wildman–Crippen LogP) is 1.25. The van der Waals surface area contributed by atoms with Gasteiger partial charge in [-0.05, 0) is 38.4 Å². The number of benzene rings is 1. The van der Waals surface area contributed by atoms with Crippen LogP contribution in [0.4, 0.5) is 11.4 Å². The summed E-state index contributed by atoms with van der Waals surface area (Å²) in [4.78, 5) is 14.1. The van der Waals surface area contributed by atoms with Crippen LogP contribution in [0.25, 0.3) is 0 Å². The molecule has 108 valence electrons. The Labute approximate surface area is 119 Å². The first-order valence-electron chi connectivity index (χ1n) is 7.24. The average molecular weight is 275 g/mol. The number of carbonyl (C=O) groups is 1. The molecule has 1 aromatic rings. The summed E-state index contributed by atoms with van der Waals surface area (Å²) >= 11 is 0. The van der Waals surface area contributed by atoms with Crippen LogP contribution in [0, 0.1) is 0 Å². The van der Waals surface area contributed by atoms with Crippen molar-refractivity contribution >= 4 is 17.3 Å². The minimum Gasteiger partial charge on any atom is -0.395 e. The topological polar surface area (TPSA) is 64.6 Å². The van der Waals surface area contributed by atoms with E-state index in [9.17, 15) is 9.90 Å². The van der Waals surface area contributed by atoms with E-state index in [1.807, 2.05) is 12.1 Å². The van der Waals surface area contributed by atoms with Gasteiger partial charge in [0.2, 0.25) is 5.91 Å². The molecule has 20 heavy (non-hydrogen) atoms. The molecule has 0 bridgehead atoms. The van der Waals surface area contributed by atoms with Crippen molar-refractivity contribution in [1.82, 2.24) is 5.32 Å². The molecular formula is C15H21N3O2. The van der Waals surface area contributed by atoms with Crippen molar-refractivity contribution in [2.45, 2.75) is 31.3 Å². The third kappa shape index (κ3) is 2.17. The van der Waals surface area contributed by atoms with E-state index < -0.39 is 0 Å². The van der Waals surface area contributed by atoms with Crippen LogP contribution in [0.3, 0.4) is 0 Å². The van der Waals surface area contributed by atoms with Crippen LogP contribution < -0.4 is 15.5 Å². The fourth-order valence-corrected chi connectivity index (χ4v) is 3.04. The molecule has 1 amide bonds. The Hall–Kier alpha value is -1.59. The van der Waals surface area contributed by atoms with Crippen LogP contribution in [0.15, 0.2) is 18.2 Å². The number of hydrogen-bond acceptors (Lipinski definition) is 4. The first-order chi connectivity index (χ1) is 9.74. The number of nitrogens with zero attached hydrogens (tertiary/aromatic N) is 1. The molecule has 1 fully saturated rings. The Morgan fingerprint density at radius 1 is 1.45 bits per heavy atom. The summed E-state index contributed by atoms with van der Waals surface area (Å²) in [5, 5.41) is 15.2. The van der Waals surface area contributed by atoms with E-state index >= 15 is 0 Å². The summed E-state index contributed by atoms with van der Waals surface area (Å²) in [6.07, 6.45) is 3.63. The number of likely N-dealkylation sites (N-methyl/N-ethyl adjacent to an activating group) is 1. The monoisotopic (exact) mass is 275 g/mol. The molecule has 1 aliphatic carbocycles. The lowest BCUT2D eigenvalue weighted by atomic mass is 9.91. The minimum absolute atomic E-state index is 0.00278. The summed E-state index contributed by atoms with van der Waals surface area (Å²) in [5.74, 6) is -0.00278. The smallest absolute Gasteiger partial charge is 0.246 e. The van der Waals surface area contributed by atoms with E-state index in [0.717, 1.165) is 16.9 Å². The molecule has 3 N–H and O–H groups in total. The molecule has 1 heterocycles. The fourth-order valence-electron chi connectivity index (χ4n) is 3.04. The number of aliphatic hydroxyl groups is 1. The first-order valence-corrected chi connectivity index (χ1v) is 7.24. The van der Waals surface area contributed by atoms with Gasteiger partial charge in [-0.25, -0.2) is 0 Å². The number of anilines is 2. The number of amides is 1. The molecule has 0 saturated heterocycles. The fraction of sp³-hybridized carbons (Fsp3) is 0.533. The molecule has 1 unspecified atom stereocenters. The lowest BCUT2D eigenvalue weighted by Gasteiger charge is -2.39. The van der Waals surface area contributed by atoms with Gasteiger partial charge < -0.3 is 20.6 Å². The maximum atomic E-state index is 11.8. The van der Waals surface area contributed by atoms with Gasteiger partial charge in [-0.15, -0.1) is 0 Å². The molecular weight excluding hydrogens is 254 g/mol. The SMILES string of the molecule is CNC1C(=O)Nc2cc(N(CCO)C3CCC3)ccc21. The Kier molecular flexibility index (Phi) is 3.63. The van der Waals surface area contributed by atoms with Crippen LogP contribution in [0.1, 0.15) is 30.9 Å². The van der Waals surface area contributed by atoms with Gasteiger partial charge >= 0.3 is 0 Å². The van der Waals surface area contributed by atoms with Gasteiger partial charge in [0.1, 0.15) is 6.04 Å². The lowest BCUT2D eigenvalue weighted by Crippen LogP contribution is -2.41. The van der Waals surface area contributed by atoms with E-state index in [0.29, 0.717) is 12.6 Å². The highest BCUT2D eigenvalue weighted by Crippen LogP contribution is 2.36. The number of carbonyl (C=O) groups excluding carboxylic acids is 1. The highest BCUT2D eigenvalue weighted by atomic mass is 16.3. The molecule has 5 heteroatoms. The van der Waals surface area contributed by atoms with Crippen LogP contribution in [-0.2, 0) is 4.79 Å². The number of aliphatic hydroxyl groups excluding tert-OH is 1. The van der Waals surface area contributed by atoms with Gasteiger partial charge in [0.25, 0.3) is 0 Å². The Bertz CT molecular complexity index is 514. The van der Waals surface area contributed by atoms with Gasteiger partial charge in [-0.2, -0.15) is 0 Å². The Morgan fingerprint density at radius 3 is 2.85 bits per heavy atom. The van der Waals surface area contributed by atoms with Crippen molar-refractivity contribution in [2.75, 3.05) is 30.4 Å². The zero-order chi connectivity index (χ0) is 14.1. The van der Waals surface area contributed by atoms with Crippen molar-refractivity contribution < 1.29 is 9.90 Å². The molecule has 2 aliphatic rings. The summed E-state index contributed by atoms with van der Waals surface area (Å²) < 4.78 is 0. The molecule has 1 atom stereocenters. The Balaban J connectivity index is 1.88.